The monoisotopic (exact) mass is 304 g/mol. The van der Waals surface area contributed by atoms with Crippen LogP contribution in [-0.2, 0) is 0 Å². The molecule has 6 heteroatoms. The number of nitrogens with one attached hydrogen (secondary N) is 1. The van der Waals surface area contributed by atoms with Gasteiger partial charge in [0, 0.05) is 18.5 Å². The van der Waals surface area contributed by atoms with Gasteiger partial charge in [-0.25, -0.2) is 4.79 Å². The highest BCUT2D eigenvalue weighted by Gasteiger charge is 2.35. The summed E-state index contributed by atoms with van der Waals surface area (Å²) in [7, 11) is 0. The second-order valence-electron chi connectivity index (χ2n) is 6.90. The minimum absolute atomic E-state index is 0.0442. The lowest BCUT2D eigenvalue weighted by atomic mass is 10.0. The summed E-state index contributed by atoms with van der Waals surface area (Å²) in [5, 5.41) is 7.29. The Morgan fingerprint density at radius 1 is 1.09 bits per heavy atom. The molecule has 1 atom stereocenters. The minimum atomic E-state index is -0.0462. The van der Waals surface area contributed by atoms with Gasteiger partial charge < -0.3 is 14.7 Å². The highest BCUT2D eigenvalue weighted by atomic mass is 16.5. The van der Waals surface area contributed by atoms with Crippen LogP contribution in [0.5, 0.6) is 0 Å². The van der Waals surface area contributed by atoms with Crippen LogP contribution in [0.3, 0.4) is 0 Å². The SMILES string of the molecule is O=C(NC1CCCC1)N1CCCCC1c1nc(C2CC2)no1. The maximum absolute atomic E-state index is 12.6. The number of hydrogen-bond donors (Lipinski definition) is 1. The number of urea groups is 1. The number of carbonyl (C=O) groups is 1. The molecule has 2 saturated carbocycles. The van der Waals surface area contributed by atoms with Crippen LogP contribution in [0.2, 0.25) is 0 Å². The van der Waals surface area contributed by atoms with Crippen molar-refractivity contribution < 1.29 is 9.32 Å². The minimum Gasteiger partial charge on any atom is -0.337 e. The molecule has 2 aliphatic carbocycles. The van der Waals surface area contributed by atoms with Crippen molar-refractivity contribution in [3.8, 4) is 0 Å². The van der Waals surface area contributed by atoms with Gasteiger partial charge in [-0.2, -0.15) is 4.98 Å². The summed E-state index contributed by atoms with van der Waals surface area (Å²) in [4.78, 5) is 19.1. The number of likely N-dealkylation sites (tertiary alicyclic amines) is 1. The Morgan fingerprint density at radius 2 is 1.86 bits per heavy atom. The molecule has 1 unspecified atom stereocenters. The predicted molar refractivity (Wildman–Crippen MR) is 80.4 cm³/mol. The van der Waals surface area contributed by atoms with Gasteiger partial charge in [0.2, 0.25) is 5.89 Å². The van der Waals surface area contributed by atoms with Crippen molar-refractivity contribution in [3.63, 3.8) is 0 Å². The second-order valence-corrected chi connectivity index (χ2v) is 6.90. The maximum Gasteiger partial charge on any atom is 0.318 e. The highest BCUT2D eigenvalue weighted by Crippen LogP contribution is 2.39. The fraction of sp³-hybridized carbons (Fsp3) is 0.812. The molecule has 22 heavy (non-hydrogen) atoms. The van der Waals surface area contributed by atoms with Crippen molar-refractivity contribution in [2.75, 3.05) is 6.54 Å². The molecule has 1 aliphatic heterocycles. The summed E-state index contributed by atoms with van der Waals surface area (Å²) < 4.78 is 5.47. The van der Waals surface area contributed by atoms with Gasteiger partial charge in [-0.05, 0) is 44.9 Å². The van der Waals surface area contributed by atoms with Crippen molar-refractivity contribution in [1.82, 2.24) is 20.4 Å². The van der Waals surface area contributed by atoms with Crippen LogP contribution in [0.4, 0.5) is 4.79 Å². The van der Waals surface area contributed by atoms with Crippen LogP contribution >= 0.6 is 0 Å². The van der Waals surface area contributed by atoms with E-state index in [0.717, 1.165) is 57.3 Å². The lowest BCUT2D eigenvalue weighted by Gasteiger charge is -2.34. The Balaban J connectivity index is 1.46. The zero-order chi connectivity index (χ0) is 14.9. The Labute approximate surface area is 130 Å². The number of carbonyl (C=O) groups excluding carboxylic acids is 1. The normalized spacial score (nSPS) is 26.4. The first-order valence-corrected chi connectivity index (χ1v) is 8.72. The third kappa shape index (κ3) is 2.83. The summed E-state index contributed by atoms with van der Waals surface area (Å²) in [5.41, 5.74) is 0. The standard InChI is InChI=1S/C16H24N4O2/c21-16(17-12-5-1-2-6-12)20-10-4-3-7-13(20)15-18-14(19-22-15)11-8-9-11/h11-13H,1-10H2,(H,17,21). The lowest BCUT2D eigenvalue weighted by molar-refractivity contribution is 0.129. The van der Waals surface area contributed by atoms with Crippen LogP contribution in [0.1, 0.15) is 81.5 Å². The van der Waals surface area contributed by atoms with E-state index in [1.54, 1.807) is 0 Å². The molecule has 0 spiro atoms. The highest BCUT2D eigenvalue weighted by molar-refractivity contribution is 5.75. The van der Waals surface area contributed by atoms with E-state index in [4.69, 9.17) is 4.52 Å². The number of hydrogen-bond acceptors (Lipinski definition) is 4. The molecule has 0 bridgehead atoms. The van der Waals surface area contributed by atoms with E-state index in [1.807, 2.05) is 4.90 Å². The number of piperidine rings is 1. The molecule has 1 aromatic rings. The fourth-order valence-corrected chi connectivity index (χ4v) is 3.65. The molecule has 3 aliphatic rings. The van der Waals surface area contributed by atoms with E-state index < -0.39 is 0 Å². The van der Waals surface area contributed by atoms with E-state index in [1.165, 1.54) is 12.8 Å². The lowest BCUT2D eigenvalue weighted by Crippen LogP contribution is -2.47. The summed E-state index contributed by atoms with van der Waals surface area (Å²) in [6.45, 7) is 0.782. The van der Waals surface area contributed by atoms with Crippen LogP contribution in [0.25, 0.3) is 0 Å². The molecule has 0 aromatic carbocycles. The van der Waals surface area contributed by atoms with Crippen molar-refractivity contribution in [2.45, 2.75) is 75.8 Å². The van der Waals surface area contributed by atoms with Crippen molar-refractivity contribution in [1.29, 1.82) is 0 Å². The number of aromatic nitrogens is 2. The average molecular weight is 304 g/mol. The number of rotatable bonds is 3. The van der Waals surface area contributed by atoms with Gasteiger partial charge in [0.25, 0.3) is 0 Å². The van der Waals surface area contributed by atoms with Crippen LogP contribution in [0, 0.1) is 0 Å². The first kappa shape index (κ1) is 14.0. The largest absolute Gasteiger partial charge is 0.337 e. The van der Waals surface area contributed by atoms with E-state index >= 15 is 0 Å². The van der Waals surface area contributed by atoms with Gasteiger partial charge >= 0.3 is 6.03 Å². The zero-order valence-electron chi connectivity index (χ0n) is 13.0. The zero-order valence-corrected chi connectivity index (χ0v) is 13.0. The molecule has 1 saturated heterocycles. The van der Waals surface area contributed by atoms with E-state index in [2.05, 4.69) is 15.5 Å². The summed E-state index contributed by atoms with van der Waals surface area (Å²) in [5.74, 6) is 1.95. The third-order valence-corrected chi connectivity index (χ3v) is 5.13. The Kier molecular flexibility index (Phi) is 3.76. The molecular formula is C16H24N4O2. The van der Waals surface area contributed by atoms with Crippen molar-refractivity contribution in [3.05, 3.63) is 11.7 Å². The molecule has 4 rings (SSSR count). The Hall–Kier alpha value is -1.59. The third-order valence-electron chi connectivity index (χ3n) is 5.13. The van der Waals surface area contributed by atoms with Crippen LogP contribution in [0.15, 0.2) is 4.52 Å². The molecule has 3 fully saturated rings. The van der Waals surface area contributed by atoms with E-state index in [0.29, 0.717) is 17.9 Å². The number of nitrogens with zero attached hydrogens (tertiary/aromatic N) is 3. The van der Waals surface area contributed by atoms with Crippen molar-refractivity contribution in [2.24, 2.45) is 0 Å². The fourth-order valence-electron chi connectivity index (χ4n) is 3.65. The summed E-state index contributed by atoms with van der Waals surface area (Å²) in [6, 6.07) is 0.345. The van der Waals surface area contributed by atoms with Crippen LogP contribution in [-0.4, -0.2) is 33.7 Å². The topological polar surface area (TPSA) is 71.3 Å². The average Bonchev–Trinajstić information content (AvgIpc) is 3.06. The second kappa shape index (κ2) is 5.89. The quantitative estimate of drug-likeness (QED) is 0.931. The van der Waals surface area contributed by atoms with E-state index in [-0.39, 0.29) is 12.1 Å². The Bertz CT molecular complexity index is 534. The molecule has 6 nitrogen and oxygen atoms in total. The molecule has 1 aromatic heterocycles. The van der Waals surface area contributed by atoms with Gasteiger partial charge in [-0.3, -0.25) is 0 Å². The summed E-state index contributed by atoms with van der Waals surface area (Å²) >= 11 is 0. The first-order chi connectivity index (χ1) is 10.8. The molecule has 2 amide bonds. The van der Waals surface area contributed by atoms with Crippen molar-refractivity contribution >= 4 is 6.03 Å². The smallest absolute Gasteiger partial charge is 0.318 e. The van der Waals surface area contributed by atoms with Gasteiger partial charge in [-0.1, -0.05) is 18.0 Å². The van der Waals surface area contributed by atoms with Crippen LogP contribution < -0.4 is 5.32 Å². The number of amides is 2. The summed E-state index contributed by atoms with van der Waals surface area (Å²) in [6.07, 6.45) is 10.1. The molecule has 1 N–H and O–H groups in total. The molecule has 0 radical (unpaired) electrons. The molecule has 2 heterocycles. The first-order valence-electron chi connectivity index (χ1n) is 8.72. The molecule has 120 valence electrons. The Morgan fingerprint density at radius 3 is 2.64 bits per heavy atom. The van der Waals surface area contributed by atoms with Gasteiger partial charge in [0.05, 0.1) is 0 Å². The van der Waals surface area contributed by atoms with E-state index in [9.17, 15) is 4.79 Å². The van der Waals surface area contributed by atoms with Gasteiger partial charge in [0.1, 0.15) is 6.04 Å². The maximum atomic E-state index is 12.6. The van der Waals surface area contributed by atoms with Gasteiger partial charge in [-0.15, -0.1) is 0 Å². The predicted octanol–water partition coefficient (Wildman–Crippen LogP) is 3.13. The molecular weight excluding hydrogens is 280 g/mol. The van der Waals surface area contributed by atoms with Gasteiger partial charge in [0.15, 0.2) is 5.82 Å².